The van der Waals surface area contributed by atoms with Crippen molar-refractivity contribution in [2.45, 2.75) is 38.0 Å². The second-order valence-corrected chi connectivity index (χ2v) is 7.43. The third-order valence-corrected chi connectivity index (χ3v) is 4.98. The zero-order valence-electron chi connectivity index (χ0n) is 17.3. The Kier molecular flexibility index (Phi) is 7.61. The lowest BCUT2D eigenvalue weighted by atomic mass is 10.0. The van der Waals surface area contributed by atoms with Gasteiger partial charge in [-0.1, -0.05) is 42.5 Å². The first-order chi connectivity index (χ1) is 15.0. The summed E-state index contributed by atoms with van der Waals surface area (Å²) in [6, 6.07) is 13.9. The van der Waals surface area contributed by atoms with Crippen LogP contribution in [0.5, 0.6) is 5.75 Å². The number of ether oxygens (including phenoxy) is 1. The Balaban J connectivity index is 1.86. The number of rotatable bonds is 3. The Morgan fingerprint density at radius 2 is 1.71 bits per heavy atom. The van der Waals surface area contributed by atoms with Gasteiger partial charge in [0, 0.05) is 13.0 Å². The largest absolute Gasteiger partial charge is 0.493 e. The highest BCUT2D eigenvalue weighted by molar-refractivity contribution is 6.00. The average molecular weight is 425 g/mol. The fraction of sp³-hybridized carbons (Fsp3) is 0.348. The minimum absolute atomic E-state index is 0.267. The number of carbonyl (C=O) groups is 3. The lowest BCUT2D eigenvalue weighted by Gasteiger charge is -2.25. The molecule has 0 saturated heterocycles. The maximum atomic E-state index is 12.9. The molecule has 1 heterocycles. The van der Waals surface area contributed by atoms with Crippen molar-refractivity contribution >= 4 is 17.7 Å². The topological polar surface area (TPSA) is 117 Å². The van der Waals surface area contributed by atoms with Gasteiger partial charge in [-0.25, -0.2) is 0 Å². The SMILES string of the molecule is C[C@@H](O)[C@@H]1NC(=O)c2ccccc2OCCCNC(=O)[C@H](Cc2ccccc2)NC1=O. The predicted molar refractivity (Wildman–Crippen MR) is 115 cm³/mol. The highest BCUT2D eigenvalue weighted by Crippen LogP contribution is 2.18. The molecule has 8 heteroatoms. The van der Waals surface area contributed by atoms with Crippen LogP contribution in [-0.2, 0) is 16.0 Å². The number of aliphatic hydroxyl groups excluding tert-OH is 1. The number of amides is 3. The summed E-state index contributed by atoms with van der Waals surface area (Å²) in [5, 5.41) is 18.2. The van der Waals surface area contributed by atoms with Crippen LogP contribution in [0.1, 0.15) is 29.3 Å². The summed E-state index contributed by atoms with van der Waals surface area (Å²) >= 11 is 0. The second kappa shape index (κ2) is 10.6. The van der Waals surface area contributed by atoms with Crippen molar-refractivity contribution in [3.63, 3.8) is 0 Å². The van der Waals surface area contributed by atoms with E-state index in [-0.39, 0.29) is 17.9 Å². The third-order valence-electron chi connectivity index (χ3n) is 4.98. The monoisotopic (exact) mass is 425 g/mol. The standard InChI is InChI=1S/C23H27N3O5/c1-15(27)20-23(30)25-18(14-16-8-3-2-4-9-16)22(29)24-12-7-13-31-19-11-6-5-10-17(19)21(28)26-20/h2-6,8-11,15,18,20,27H,7,12-14H2,1H3,(H,24,29)(H,25,30)(H,26,28)/t15-,18+,20+/m1/s1. The van der Waals surface area contributed by atoms with Crippen LogP contribution in [0.4, 0.5) is 0 Å². The minimum atomic E-state index is -1.24. The molecule has 0 spiro atoms. The lowest BCUT2D eigenvalue weighted by Crippen LogP contribution is -2.57. The number of hydrogen-bond donors (Lipinski definition) is 4. The number of benzene rings is 2. The third kappa shape index (κ3) is 6.05. The normalized spacial score (nSPS) is 21.4. The molecule has 0 radical (unpaired) electrons. The maximum absolute atomic E-state index is 12.9. The molecule has 31 heavy (non-hydrogen) atoms. The molecular weight excluding hydrogens is 398 g/mol. The Hall–Kier alpha value is -3.39. The van der Waals surface area contributed by atoms with E-state index in [1.165, 1.54) is 6.92 Å². The molecular formula is C23H27N3O5. The van der Waals surface area contributed by atoms with Crippen LogP contribution in [-0.4, -0.2) is 54.2 Å². The average Bonchev–Trinajstić information content (AvgIpc) is 2.76. The van der Waals surface area contributed by atoms with Crippen LogP contribution in [0.25, 0.3) is 0 Å². The van der Waals surface area contributed by atoms with Gasteiger partial charge in [0.15, 0.2) is 0 Å². The summed E-state index contributed by atoms with van der Waals surface area (Å²) in [4.78, 5) is 38.5. The molecule has 3 rings (SSSR count). The zero-order chi connectivity index (χ0) is 22.2. The fourth-order valence-electron chi connectivity index (χ4n) is 3.31. The number of fused-ring (bicyclic) bond motifs is 1. The van der Waals surface area contributed by atoms with Gasteiger partial charge in [-0.15, -0.1) is 0 Å². The molecule has 8 nitrogen and oxygen atoms in total. The van der Waals surface area contributed by atoms with E-state index in [2.05, 4.69) is 16.0 Å². The molecule has 1 aliphatic rings. The van der Waals surface area contributed by atoms with Crippen LogP contribution >= 0.6 is 0 Å². The van der Waals surface area contributed by atoms with Gasteiger partial charge in [-0.3, -0.25) is 14.4 Å². The number of para-hydroxylation sites is 1. The maximum Gasteiger partial charge on any atom is 0.255 e. The van der Waals surface area contributed by atoms with Gasteiger partial charge in [-0.05, 0) is 31.0 Å². The van der Waals surface area contributed by atoms with Gasteiger partial charge in [-0.2, -0.15) is 0 Å². The number of carbonyl (C=O) groups excluding carboxylic acids is 3. The first-order valence-corrected chi connectivity index (χ1v) is 10.3. The number of aliphatic hydroxyl groups is 1. The Morgan fingerprint density at radius 1 is 1.00 bits per heavy atom. The molecule has 1 aliphatic heterocycles. The molecule has 0 bridgehead atoms. The van der Waals surface area contributed by atoms with E-state index in [0.717, 1.165) is 5.56 Å². The van der Waals surface area contributed by atoms with Crippen molar-refractivity contribution in [1.82, 2.24) is 16.0 Å². The van der Waals surface area contributed by atoms with Crippen molar-refractivity contribution in [3.05, 3.63) is 65.7 Å². The molecule has 0 saturated carbocycles. The second-order valence-electron chi connectivity index (χ2n) is 7.43. The first kappa shape index (κ1) is 22.3. The van der Waals surface area contributed by atoms with E-state index >= 15 is 0 Å². The van der Waals surface area contributed by atoms with Gasteiger partial charge < -0.3 is 25.8 Å². The molecule has 0 aliphatic carbocycles. The van der Waals surface area contributed by atoms with E-state index in [9.17, 15) is 19.5 Å². The van der Waals surface area contributed by atoms with Crippen LogP contribution in [0.3, 0.4) is 0 Å². The van der Waals surface area contributed by atoms with Gasteiger partial charge in [0.2, 0.25) is 11.8 Å². The van der Waals surface area contributed by atoms with Gasteiger partial charge >= 0.3 is 0 Å². The highest BCUT2D eigenvalue weighted by atomic mass is 16.5. The first-order valence-electron chi connectivity index (χ1n) is 10.3. The number of hydrogen-bond acceptors (Lipinski definition) is 5. The van der Waals surface area contributed by atoms with E-state index in [1.54, 1.807) is 24.3 Å². The molecule has 0 aromatic heterocycles. The predicted octanol–water partition coefficient (Wildman–Crippen LogP) is 0.792. The van der Waals surface area contributed by atoms with Crippen molar-refractivity contribution < 1.29 is 24.2 Å². The molecule has 0 unspecified atom stereocenters. The summed E-state index contributed by atoms with van der Waals surface area (Å²) < 4.78 is 5.71. The summed E-state index contributed by atoms with van der Waals surface area (Å²) in [5.41, 5.74) is 1.14. The minimum Gasteiger partial charge on any atom is -0.493 e. The number of nitrogens with one attached hydrogen (secondary N) is 3. The molecule has 4 N–H and O–H groups in total. The van der Waals surface area contributed by atoms with E-state index < -0.39 is 30.0 Å². The van der Waals surface area contributed by atoms with Crippen molar-refractivity contribution in [3.8, 4) is 5.75 Å². The van der Waals surface area contributed by atoms with E-state index in [4.69, 9.17) is 4.74 Å². The molecule has 2 aromatic carbocycles. The smallest absolute Gasteiger partial charge is 0.255 e. The van der Waals surface area contributed by atoms with Crippen LogP contribution < -0.4 is 20.7 Å². The summed E-state index contributed by atoms with van der Waals surface area (Å²) in [7, 11) is 0. The van der Waals surface area contributed by atoms with E-state index in [0.29, 0.717) is 25.3 Å². The molecule has 3 amide bonds. The Labute approximate surface area is 181 Å². The van der Waals surface area contributed by atoms with Gasteiger partial charge in [0.05, 0.1) is 18.3 Å². The Bertz CT molecular complexity index is 916. The Morgan fingerprint density at radius 3 is 2.45 bits per heavy atom. The summed E-state index contributed by atoms with van der Waals surface area (Å²) in [6.45, 7) is 2.07. The highest BCUT2D eigenvalue weighted by Gasteiger charge is 2.31. The zero-order valence-corrected chi connectivity index (χ0v) is 17.3. The van der Waals surface area contributed by atoms with E-state index in [1.807, 2.05) is 30.3 Å². The molecule has 0 fully saturated rings. The lowest BCUT2D eigenvalue weighted by molar-refractivity contribution is -0.131. The molecule has 3 atom stereocenters. The van der Waals surface area contributed by atoms with Crippen LogP contribution in [0.15, 0.2) is 54.6 Å². The summed E-state index contributed by atoms with van der Waals surface area (Å²) in [6.07, 6.45) is -0.368. The van der Waals surface area contributed by atoms with Crippen molar-refractivity contribution in [2.75, 3.05) is 13.2 Å². The van der Waals surface area contributed by atoms with Crippen LogP contribution in [0.2, 0.25) is 0 Å². The molecule has 164 valence electrons. The van der Waals surface area contributed by atoms with Crippen molar-refractivity contribution in [1.29, 1.82) is 0 Å². The van der Waals surface area contributed by atoms with Crippen LogP contribution in [0, 0.1) is 0 Å². The van der Waals surface area contributed by atoms with Gasteiger partial charge in [0.25, 0.3) is 5.91 Å². The summed E-state index contributed by atoms with van der Waals surface area (Å²) in [5.74, 6) is -1.16. The van der Waals surface area contributed by atoms with Gasteiger partial charge in [0.1, 0.15) is 17.8 Å². The fourth-order valence-corrected chi connectivity index (χ4v) is 3.31. The van der Waals surface area contributed by atoms with Crippen molar-refractivity contribution in [2.24, 2.45) is 0 Å². The quantitative estimate of drug-likeness (QED) is 0.580. The molecule has 2 aromatic rings.